The van der Waals surface area contributed by atoms with Gasteiger partial charge in [0.2, 0.25) is 5.91 Å². The van der Waals surface area contributed by atoms with Gasteiger partial charge < -0.3 is 15.0 Å². The molecule has 0 aliphatic carbocycles. The number of carbonyl (C=O) groups is 2. The highest BCUT2D eigenvalue weighted by Crippen LogP contribution is 2.34. The third-order valence-electron chi connectivity index (χ3n) is 4.33. The van der Waals surface area contributed by atoms with E-state index in [1.807, 2.05) is 0 Å². The molecule has 7 nitrogen and oxygen atoms in total. The second-order valence-corrected chi connectivity index (χ2v) is 8.24. The number of carbonyl (C=O) groups excluding carboxylic acids is 2. The predicted molar refractivity (Wildman–Crippen MR) is 102 cm³/mol. The Morgan fingerprint density at radius 3 is 2.56 bits per heavy atom. The van der Waals surface area contributed by atoms with Gasteiger partial charge >= 0.3 is 0 Å². The molecule has 2 aromatic carbocycles. The van der Waals surface area contributed by atoms with Gasteiger partial charge in [0, 0.05) is 31.0 Å². The van der Waals surface area contributed by atoms with Gasteiger partial charge in [-0.1, -0.05) is 12.1 Å². The largest absolute Gasteiger partial charge is 0.494 e. The van der Waals surface area contributed by atoms with Gasteiger partial charge in [-0.15, -0.1) is 0 Å². The van der Waals surface area contributed by atoms with Gasteiger partial charge in [-0.25, -0.2) is 8.42 Å². The second kappa shape index (κ2) is 7.40. The first-order valence-electron chi connectivity index (χ1n) is 8.40. The van der Waals surface area contributed by atoms with Crippen LogP contribution in [0.5, 0.6) is 5.75 Å². The van der Waals surface area contributed by atoms with Crippen molar-refractivity contribution in [2.24, 2.45) is 0 Å². The third-order valence-corrected chi connectivity index (χ3v) is 5.49. The fourth-order valence-corrected chi connectivity index (χ4v) is 3.94. The lowest BCUT2D eigenvalue weighted by atomic mass is 10.2. The number of hydrogen-bond donors (Lipinski definition) is 1. The summed E-state index contributed by atoms with van der Waals surface area (Å²) >= 11 is 0. The summed E-state index contributed by atoms with van der Waals surface area (Å²) in [7, 11) is -2.05. The highest BCUT2D eigenvalue weighted by atomic mass is 32.2. The quantitative estimate of drug-likeness (QED) is 0.849. The Bertz CT molecular complexity index is 1000. The first kappa shape index (κ1) is 18.9. The molecule has 27 heavy (non-hydrogen) atoms. The average Bonchev–Trinajstić information content (AvgIpc) is 3.06. The van der Waals surface area contributed by atoms with Gasteiger partial charge in [-0.3, -0.25) is 9.59 Å². The van der Waals surface area contributed by atoms with Crippen LogP contribution in [0.4, 0.5) is 11.4 Å². The molecular formula is C19H20N2O5S. The normalized spacial score (nSPS) is 14.3. The number of nitrogens with one attached hydrogen (secondary N) is 1. The van der Waals surface area contributed by atoms with Crippen molar-refractivity contribution in [2.75, 3.05) is 30.1 Å². The van der Waals surface area contributed by atoms with Crippen molar-refractivity contribution in [1.29, 1.82) is 0 Å². The van der Waals surface area contributed by atoms with Gasteiger partial charge in [-0.2, -0.15) is 0 Å². The zero-order valence-corrected chi connectivity index (χ0v) is 15.9. The lowest BCUT2D eigenvalue weighted by Gasteiger charge is -2.19. The number of ether oxygens (including phenoxy) is 1. The molecular weight excluding hydrogens is 368 g/mol. The molecule has 0 spiro atoms. The van der Waals surface area contributed by atoms with E-state index in [9.17, 15) is 18.0 Å². The van der Waals surface area contributed by atoms with Crippen LogP contribution in [0.25, 0.3) is 0 Å². The number of hydrogen-bond acceptors (Lipinski definition) is 5. The summed E-state index contributed by atoms with van der Waals surface area (Å²) in [6.07, 6.45) is 2.36. The SMILES string of the molecule is COc1cc(NC(=O)c2ccccc2S(C)(=O)=O)ccc1N1CCCC1=O. The minimum absolute atomic E-state index is 0.0336. The topological polar surface area (TPSA) is 92.8 Å². The van der Waals surface area contributed by atoms with Crippen molar-refractivity contribution in [3.05, 3.63) is 48.0 Å². The molecule has 2 aromatic rings. The Hall–Kier alpha value is -2.87. The minimum Gasteiger partial charge on any atom is -0.494 e. The number of sulfone groups is 1. The van der Waals surface area contributed by atoms with Crippen LogP contribution in [-0.4, -0.2) is 40.1 Å². The van der Waals surface area contributed by atoms with Crippen molar-refractivity contribution in [1.82, 2.24) is 0 Å². The number of rotatable bonds is 5. The third kappa shape index (κ3) is 3.95. The maximum atomic E-state index is 12.6. The zero-order valence-electron chi connectivity index (χ0n) is 15.1. The number of amides is 2. The number of benzene rings is 2. The van der Waals surface area contributed by atoms with Crippen LogP contribution >= 0.6 is 0 Å². The molecule has 142 valence electrons. The smallest absolute Gasteiger partial charge is 0.256 e. The van der Waals surface area contributed by atoms with Gasteiger partial charge in [0.25, 0.3) is 5.91 Å². The van der Waals surface area contributed by atoms with E-state index >= 15 is 0 Å². The van der Waals surface area contributed by atoms with E-state index in [0.717, 1.165) is 12.7 Å². The van der Waals surface area contributed by atoms with Crippen molar-refractivity contribution in [3.63, 3.8) is 0 Å². The van der Waals surface area contributed by atoms with Gasteiger partial charge in [0.15, 0.2) is 9.84 Å². The summed E-state index contributed by atoms with van der Waals surface area (Å²) in [5.74, 6) is -0.0466. The van der Waals surface area contributed by atoms with E-state index in [4.69, 9.17) is 4.74 Å². The molecule has 3 rings (SSSR count). The van der Waals surface area contributed by atoms with Crippen molar-refractivity contribution in [3.8, 4) is 5.75 Å². The van der Waals surface area contributed by atoms with Gasteiger partial charge in [-0.05, 0) is 30.7 Å². The highest BCUT2D eigenvalue weighted by Gasteiger charge is 2.25. The molecule has 1 aliphatic rings. The lowest BCUT2D eigenvalue weighted by Crippen LogP contribution is -2.24. The van der Waals surface area contributed by atoms with Crippen LogP contribution < -0.4 is 15.0 Å². The van der Waals surface area contributed by atoms with E-state index in [2.05, 4.69) is 5.32 Å². The van der Waals surface area contributed by atoms with Crippen LogP contribution in [0.15, 0.2) is 47.4 Å². The minimum atomic E-state index is -3.54. The van der Waals surface area contributed by atoms with E-state index in [0.29, 0.717) is 30.1 Å². The van der Waals surface area contributed by atoms with Crippen molar-refractivity contribution in [2.45, 2.75) is 17.7 Å². The predicted octanol–water partition coefficient (Wildman–Crippen LogP) is 2.48. The molecule has 0 radical (unpaired) electrons. The molecule has 1 heterocycles. The van der Waals surface area contributed by atoms with E-state index in [1.165, 1.54) is 19.2 Å². The van der Waals surface area contributed by atoms with E-state index < -0.39 is 15.7 Å². The summed E-state index contributed by atoms with van der Waals surface area (Å²) in [5.41, 5.74) is 1.16. The molecule has 2 amide bonds. The first-order valence-corrected chi connectivity index (χ1v) is 10.3. The second-order valence-electron chi connectivity index (χ2n) is 6.26. The summed E-state index contributed by atoms with van der Waals surface area (Å²) in [6, 6.07) is 11.0. The molecule has 0 unspecified atom stereocenters. The Morgan fingerprint density at radius 1 is 1.19 bits per heavy atom. The first-order chi connectivity index (χ1) is 12.8. The molecule has 0 atom stereocenters. The Morgan fingerprint density at radius 2 is 1.93 bits per heavy atom. The number of anilines is 2. The number of methoxy groups -OCH3 is 1. The Balaban J connectivity index is 1.89. The maximum absolute atomic E-state index is 12.6. The molecule has 1 fully saturated rings. The lowest BCUT2D eigenvalue weighted by molar-refractivity contribution is -0.117. The van der Waals surface area contributed by atoms with Crippen LogP contribution in [0.2, 0.25) is 0 Å². The summed E-state index contributed by atoms with van der Waals surface area (Å²) in [4.78, 5) is 26.2. The molecule has 8 heteroatoms. The van der Waals surface area contributed by atoms with Gasteiger partial charge in [0.05, 0.1) is 23.3 Å². The monoisotopic (exact) mass is 388 g/mol. The molecule has 0 saturated carbocycles. The Kier molecular flexibility index (Phi) is 5.18. The standard InChI is InChI=1S/C19H20N2O5S/c1-26-16-12-13(9-10-15(16)21-11-5-8-18(21)22)20-19(23)14-6-3-4-7-17(14)27(2,24)25/h3-4,6-7,9-10,12H,5,8,11H2,1-2H3,(H,20,23). The fraction of sp³-hybridized carbons (Fsp3) is 0.263. The van der Waals surface area contributed by atoms with Crippen LogP contribution in [0, 0.1) is 0 Å². The van der Waals surface area contributed by atoms with Crippen LogP contribution in [0.1, 0.15) is 23.2 Å². The summed E-state index contributed by atoms with van der Waals surface area (Å²) in [6.45, 7) is 0.628. The van der Waals surface area contributed by atoms with E-state index in [1.54, 1.807) is 35.2 Å². The maximum Gasteiger partial charge on any atom is 0.256 e. The fourth-order valence-electron chi connectivity index (χ4n) is 3.06. The Labute approximate surface area is 157 Å². The zero-order chi connectivity index (χ0) is 19.6. The molecule has 1 saturated heterocycles. The molecule has 0 bridgehead atoms. The van der Waals surface area contributed by atoms with Gasteiger partial charge in [0.1, 0.15) is 5.75 Å². The summed E-state index contributed by atoms with van der Waals surface area (Å²) in [5, 5.41) is 2.69. The average molecular weight is 388 g/mol. The van der Waals surface area contributed by atoms with Crippen LogP contribution in [-0.2, 0) is 14.6 Å². The van der Waals surface area contributed by atoms with Crippen molar-refractivity contribution >= 4 is 33.0 Å². The number of nitrogens with zero attached hydrogens (tertiary/aromatic N) is 1. The van der Waals surface area contributed by atoms with Crippen LogP contribution in [0.3, 0.4) is 0 Å². The molecule has 1 N–H and O–H groups in total. The van der Waals surface area contributed by atoms with E-state index in [-0.39, 0.29) is 16.4 Å². The highest BCUT2D eigenvalue weighted by molar-refractivity contribution is 7.90. The summed E-state index contributed by atoms with van der Waals surface area (Å²) < 4.78 is 29.2. The van der Waals surface area contributed by atoms with Crippen molar-refractivity contribution < 1.29 is 22.7 Å². The molecule has 1 aliphatic heterocycles. The molecule has 0 aromatic heterocycles.